The summed E-state index contributed by atoms with van der Waals surface area (Å²) in [6, 6.07) is 16.8. The van der Waals surface area contributed by atoms with Crippen molar-refractivity contribution in [2.75, 3.05) is 0 Å². The molecule has 10 heteroatoms. The number of ether oxygens (including phenoxy) is 3. The number of nitrogens with zero attached hydrogens (tertiary/aromatic N) is 2. The summed E-state index contributed by atoms with van der Waals surface area (Å²) in [5, 5.41) is 12.8. The lowest BCUT2D eigenvalue weighted by Crippen LogP contribution is -2.34. The average Bonchev–Trinajstić information content (AvgIpc) is 3.38. The monoisotopic (exact) mass is 645 g/mol. The van der Waals surface area contributed by atoms with E-state index in [1.807, 2.05) is 44.5 Å². The number of para-hydroxylation sites is 1. The molecule has 9 nitrogen and oxygen atoms in total. The quantitative estimate of drug-likeness (QED) is 0.169. The van der Waals surface area contributed by atoms with Gasteiger partial charge < -0.3 is 29.2 Å². The molecule has 1 aromatic heterocycles. The summed E-state index contributed by atoms with van der Waals surface area (Å²) in [4.78, 5) is 28.9. The third-order valence-electron chi connectivity index (χ3n) is 7.55. The molecule has 3 aromatic carbocycles. The van der Waals surface area contributed by atoms with Crippen LogP contribution in [0.3, 0.4) is 0 Å². The highest BCUT2D eigenvalue weighted by atomic mass is 19.1. The lowest BCUT2D eigenvalue weighted by molar-refractivity contribution is -0.141. The van der Waals surface area contributed by atoms with Crippen LogP contribution in [-0.2, 0) is 29.8 Å². The molecule has 0 saturated heterocycles. The van der Waals surface area contributed by atoms with Crippen LogP contribution in [0.4, 0.5) is 9.18 Å². The van der Waals surface area contributed by atoms with Crippen molar-refractivity contribution in [3.8, 4) is 22.6 Å². The van der Waals surface area contributed by atoms with Crippen LogP contribution < -0.4 is 14.8 Å². The summed E-state index contributed by atoms with van der Waals surface area (Å²) in [5.74, 6) is -1.29. The number of hydrogen-bond acceptors (Lipinski definition) is 6. The fraction of sp³-hybridized carbons (Fsp3) is 0.378. The highest BCUT2D eigenvalue weighted by Gasteiger charge is 2.35. The highest BCUT2D eigenvalue weighted by Crippen LogP contribution is 2.40. The number of carbonyl (C=O) groups is 2. The number of hydrogen-bond donors (Lipinski definition) is 2. The van der Waals surface area contributed by atoms with Crippen molar-refractivity contribution >= 4 is 12.1 Å². The fourth-order valence-electron chi connectivity index (χ4n) is 5.31. The molecule has 0 aliphatic rings. The first kappa shape index (κ1) is 35.0. The molecule has 1 amide bonds. The minimum absolute atomic E-state index is 0.0708. The molecule has 0 spiro atoms. The van der Waals surface area contributed by atoms with Crippen LogP contribution >= 0.6 is 0 Å². The number of nitrogens with one attached hydrogen (secondary N) is 1. The lowest BCUT2D eigenvalue weighted by Gasteiger charge is -2.28. The van der Waals surface area contributed by atoms with Gasteiger partial charge in [-0.3, -0.25) is 4.79 Å². The molecule has 250 valence electrons. The van der Waals surface area contributed by atoms with Gasteiger partial charge in [-0.05, 0) is 68.5 Å². The summed E-state index contributed by atoms with van der Waals surface area (Å²) < 4.78 is 35.8. The van der Waals surface area contributed by atoms with Gasteiger partial charge in [0.15, 0.2) is 0 Å². The molecule has 0 fully saturated rings. The number of carbonyl (C=O) groups excluding carboxylic acids is 1. The highest BCUT2D eigenvalue weighted by molar-refractivity contribution is 5.78. The Labute approximate surface area is 275 Å². The molecular weight excluding hydrogens is 601 g/mol. The van der Waals surface area contributed by atoms with E-state index in [0.717, 1.165) is 5.69 Å². The van der Waals surface area contributed by atoms with Crippen LogP contribution in [0.2, 0.25) is 0 Å². The number of carboxylic acid groups (broad SMARTS) is 1. The van der Waals surface area contributed by atoms with Gasteiger partial charge >= 0.3 is 12.1 Å². The van der Waals surface area contributed by atoms with Gasteiger partial charge in [-0.15, -0.1) is 0 Å². The van der Waals surface area contributed by atoms with E-state index in [9.17, 15) is 14.7 Å². The first-order valence-electron chi connectivity index (χ1n) is 15.5. The summed E-state index contributed by atoms with van der Waals surface area (Å²) in [6.45, 7) is 12.9. The molecule has 0 aliphatic carbocycles. The number of amides is 1. The molecule has 0 radical (unpaired) electrons. The predicted molar refractivity (Wildman–Crippen MR) is 178 cm³/mol. The van der Waals surface area contributed by atoms with E-state index < -0.39 is 40.9 Å². The standard InChI is InChI=1S/C37H44FN3O6/c1-23(40-35(44)47-37(5,6)7)28-13-11-14-29(33(28)38)25-16-24(17-27(18-25)45-21-26-19-39-22-41(26)8)20-46-31-15-10-9-12-30(31)32(34(42)43)36(2,3)4/h9-19,22-23,32H,20-21H2,1-8H3,(H,40,44)(H,42,43)/t23?,32-/m1/s1. The Morgan fingerprint density at radius 2 is 1.66 bits per heavy atom. The Bertz CT molecular complexity index is 1720. The summed E-state index contributed by atoms with van der Waals surface area (Å²) >= 11 is 0. The van der Waals surface area contributed by atoms with Crippen molar-refractivity contribution in [1.29, 1.82) is 0 Å². The minimum atomic E-state index is -0.938. The number of imidazole rings is 1. The molecule has 1 unspecified atom stereocenters. The zero-order valence-electron chi connectivity index (χ0n) is 28.3. The topological polar surface area (TPSA) is 112 Å². The largest absolute Gasteiger partial charge is 0.489 e. The molecule has 0 bridgehead atoms. The van der Waals surface area contributed by atoms with Crippen molar-refractivity contribution in [3.63, 3.8) is 0 Å². The van der Waals surface area contributed by atoms with E-state index in [1.54, 1.807) is 88.8 Å². The zero-order valence-corrected chi connectivity index (χ0v) is 28.3. The molecule has 1 heterocycles. The molecule has 2 atom stereocenters. The van der Waals surface area contributed by atoms with E-state index in [-0.39, 0.29) is 13.2 Å². The summed E-state index contributed by atoms with van der Waals surface area (Å²) in [5.41, 5.74) is 2.00. The molecule has 47 heavy (non-hydrogen) atoms. The first-order valence-corrected chi connectivity index (χ1v) is 15.5. The third-order valence-corrected chi connectivity index (χ3v) is 7.55. The van der Waals surface area contributed by atoms with E-state index >= 15 is 4.39 Å². The maximum atomic E-state index is 16.2. The average molecular weight is 646 g/mol. The summed E-state index contributed by atoms with van der Waals surface area (Å²) in [6.07, 6.45) is 2.75. The van der Waals surface area contributed by atoms with E-state index in [4.69, 9.17) is 14.2 Å². The van der Waals surface area contributed by atoms with Crippen molar-refractivity contribution < 1.29 is 33.3 Å². The molecular formula is C37H44FN3O6. The van der Waals surface area contributed by atoms with Gasteiger partial charge in [-0.25, -0.2) is 14.2 Å². The van der Waals surface area contributed by atoms with E-state index in [2.05, 4.69) is 10.3 Å². The van der Waals surface area contributed by atoms with Crippen molar-refractivity contribution in [3.05, 3.63) is 101 Å². The van der Waals surface area contributed by atoms with Crippen LogP contribution in [0.1, 0.15) is 82.8 Å². The number of aryl methyl sites for hydroxylation is 1. The van der Waals surface area contributed by atoms with Crippen LogP contribution in [0.25, 0.3) is 11.1 Å². The van der Waals surface area contributed by atoms with Crippen molar-refractivity contribution in [2.45, 2.75) is 79.2 Å². The van der Waals surface area contributed by atoms with Crippen LogP contribution in [-0.4, -0.2) is 32.3 Å². The van der Waals surface area contributed by atoms with E-state index in [0.29, 0.717) is 39.3 Å². The van der Waals surface area contributed by atoms with E-state index in [1.165, 1.54) is 0 Å². The van der Waals surface area contributed by atoms with Gasteiger partial charge in [0, 0.05) is 23.7 Å². The number of benzene rings is 3. The van der Waals surface area contributed by atoms with Gasteiger partial charge in [-0.2, -0.15) is 0 Å². The van der Waals surface area contributed by atoms with Crippen molar-refractivity contribution in [1.82, 2.24) is 14.9 Å². The van der Waals surface area contributed by atoms with Crippen LogP contribution in [0.5, 0.6) is 11.5 Å². The van der Waals surface area contributed by atoms with Crippen molar-refractivity contribution in [2.24, 2.45) is 12.5 Å². The second-order valence-electron chi connectivity index (χ2n) is 13.7. The van der Waals surface area contributed by atoms with Gasteiger partial charge in [0.05, 0.1) is 30.2 Å². The number of alkyl carbamates (subject to hydrolysis) is 1. The smallest absolute Gasteiger partial charge is 0.408 e. The Kier molecular flexibility index (Phi) is 10.6. The molecule has 0 saturated carbocycles. The SMILES string of the molecule is CC(NC(=O)OC(C)(C)C)c1cccc(-c2cc(COc3ccccc3[C@H](C(=O)O)C(C)(C)C)cc(OCc3cncn3C)c2)c1F. The van der Waals surface area contributed by atoms with Crippen LogP contribution in [0.15, 0.2) is 73.2 Å². The third kappa shape index (κ3) is 9.12. The number of carboxylic acids is 1. The maximum Gasteiger partial charge on any atom is 0.408 e. The predicted octanol–water partition coefficient (Wildman–Crippen LogP) is 8.18. The van der Waals surface area contributed by atoms with Gasteiger partial charge in [0.25, 0.3) is 0 Å². The zero-order chi connectivity index (χ0) is 34.5. The fourth-order valence-corrected chi connectivity index (χ4v) is 5.31. The lowest BCUT2D eigenvalue weighted by atomic mass is 9.76. The number of aliphatic carboxylic acids is 1. The normalized spacial score (nSPS) is 13.0. The number of aromatic nitrogens is 2. The molecule has 0 aliphatic heterocycles. The Balaban J connectivity index is 1.69. The van der Waals surface area contributed by atoms with Gasteiger partial charge in [0.1, 0.15) is 36.1 Å². The first-order chi connectivity index (χ1) is 22.0. The second kappa shape index (κ2) is 14.3. The number of halogens is 1. The summed E-state index contributed by atoms with van der Waals surface area (Å²) in [7, 11) is 1.87. The van der Waals surface area contributed by atoms with Crippen LogP contribution in [0, 0.1) is 11.2 Å². The van der Waals surface area contributed by atoms with Gasteiger partial charge in [-0.1, -0.05) is 57.2 Å². The Hall–Kier alpha value is -4.86. The minimum Gasteiger partial charge on any atom is -0.489 e. The molecule has 2 N–H and O–H groups in total. The number of rotatable bonds is 11. The molecule has 4 rings (SSSR count). The second-order valence-corrected chi connectivity index (χ2v) is 13.7. The van der Waals surface area contributed by atoms with Gasteiger partial charge in [0.2, 0.25) is 0 Å². The Morgan fingerprint density at radius 3 is 2.30 bits per heavy atom. The Morgan fingerprint density at radius 1 is 0.957 bits per heavy atom. The molecule has 4 aromatic rings. The maximum absolute atomic E-state index is 16.2.